The SMILES string of the molecule is CCC(C)c1ccc(C[N+](=O)[O-])cc1. The van der Waals surface area contributed by atoms with E-state index in [1.165, 1.54) is 5.56 Å². The number of nitrogens with zero attached hydrogens (tertiary/aromatic N) is 1. The van der Waals surface area contributed by atoms with Crippen LogP contribution in [0.5, 0.6) is 0 Å². The van der Waals surface area contributed by atoms with Crippen LogP contribution in [0.15, 0.2) is 24.3 Å². The normalized spacial score (nSPS) is 12.4. The van der Waals surface area contributed by atoms with Gasteiger partial charge < -0.3 is 0 Å². The Kier molecular flexibility index (Phi) is 3.63. The van der Waals surface area contributed by atoms with Gasteiger partial charge in [0.1, 0.15) is 0 Å². The van der Waals surface area contributed by atoms with Gasteiger partial charge in [0.15, 0.2) is 0 Å². The molecule has 76 valence electrons. The third kappa shape index (κ3) is 2.83. The van der Waals surface area contributed by atoms with Crippen molar-refractivity contribution in [2.75, 3.05) is 0 Å². The summed E-state index contributed by atoms with van der Waals surface area (Å²) in [5.41, 5.74) is 2.02. The Bertz CT molecular complexity index is 306. The van der Waals surface area contributed by atoms with Gasteiger partial charge in [-0.15, -0.1) is 0 Å². The summed E-state index contributed by atoms with van der Waals surface area (Å²) in [6.45, 7) is 4.21. The van der Waals surface area contributed by atoms with Gasteiger partial charge in [-0.2, -0.15) is 0 Å². The van der Waals surface area contributed by atoms with Crippen molar-refractivity contribution in [2.24, 2.45) is 0 Å². The fourth-order valence-electron chi connectivity index (χ4n) is 1.34. The van der Waals surface area contributed by atoms with E-state index in [-0.39, 0.29) is 11.5 Å². The zero-order chi connectivity index (χ0) is 10.6. The zero-order valence-corrected chi connectivity index (χ0v) is 8.56. The highest BCUT2D eigenvalue weighted by Gasteiger charge is 2.04. The Balaban J connectivity index is 2.73. The molecule has 0 fully saturated rings. The maximum atomic E-state index is 10.2. The molecule has 1 atom stereocenters. The quantitative estimate of drug-likeness (QED) is 0.545. The van der Waals surface area contributed by atoms with Crippen LogP contribution in [-0.2, 0) is 6.54 Å². The van der Waals surface area contributed by atoms with Gasteiger partial charge in [-0.25, -0.2) is 0 Å². The van der Waals surface area contributed by atoms with Gasteiger partial charge in [0.2, 0.25) is 6.54 Å². The summed E-state index contributed by atoms with van der Waals surface area (Å²) >= 11 is 0. The predicted octanol–water partition coefficient (Wildman–Crippen LogP) is 2.98. The highest BCUT2D eigenvalue weighted by atomic mass is 16.6. The van der Waals surface area contributed by atoms with Crippen molar-refractivity contribution in [3.8, 4) is 0 Å². The van der Waals surface area contributed by atoms with Gasteiger partial charge in [-0.05, 0) is 17.9 Å². The lowest BCUT2D eigenvalue weighted by molar-refractivity contribution is -0.496. The van der Waals surface area contributed by atoms with Crippen LogP contribution in [0.1, 0.15) is 37.3 Å². The van der Waals surface area contributed by atoms with Crippen molar-refractivity contribution in [1.82, 2.24) is 0 Å². The topological polar surface area (TPSA) is 43.1 Å². The van der Waals surface area contributed by atoms with Crippen LogP contribution in [0.3, 0.4) is 0 Å². The van der Waals surface area contributed by atoms with Crippen LogP contribution < -0.4 is 0 Å². The first-order valence-electron chi connectivity index (χ1n) is 4.84. The molecule has 0 aromatic heterocycles. The fourth-order valence-corrected chi connectivity index (χ4v) is 1.34. The van der Waals surface area contributed by atoms with Crippen molar-refractivity contribution in [1.29, 1.82) is 0 Å². The Morgan fingerprint density at radius 1 is 1.36 bits per heavy atom. The van der Waals surface area contributed by atoms with Crippen molar-refractivity contribution in [3.63, 3.8) is 0 Å². The largest absolute Gasteiger partial charge is 0.264 e. The Morgan fingerprint density at radius 3 is 2.36 bits per heavy atom. The molecule has 0 amide bonds. The molecule has 3 heteroatoms. The van der Waals surface area contributed by atoms with Crippen LogP contribution in [0.4, 0.5) is 0 Å². The second kappa shape index (κ2) is 4.74. The van der Waals surface area contributed by atoms with Gasteiger partial charge in [0.05, 0.1) is 0 Å². The maximum absolute atomic E-state index is 10.2. The second-order valence-electron chi connectivity index (χ2n) is 3.54. The molecule has 1 aromatic carbocycles. The smallest absolute Gasteiger partial charge is 0.228 e. The lowest BCUT2D eigenvalue weighted by Crippen LogP contribution is -1.98. The lowest BCUT2D eigenvalue weighted by atomic mass is 9.98. The van der Waals surface area contributed by atoms with E-state index in [1.807, 2.05) is 24.3 Å². The van der Waals surface area contributed by atoms with E-state index < -0.39 is 0 Å². The van der Waals surface area contributed by atoms with Crippen molar-refractivity contribution >= 4 is 0 Å². The molecule has 14 heavy (non-hydrogen) atoms. The average Bonchev–Trinajstić information content (AvgIpc) is 2.17. The standard InChI is InChI=1S/C11H15NO2/c1-3-9(2)11-6-4-10(5-7-11)8-12(13)14/h4-7,9H,3,8H2,1-2H3. The lowest BCUT2D eigenvalue weighted by Gasteiger charge is -2.08. The summed E-state index contributed by atoms with van der Waals surface area (Å²) < 4.78 is 0. The van der Waals surface area contributed by atoms with E-state index in [1.54, 1.807) is 0 Å². The maximum Gasteiger partial charge on any atom is 0.228 e. The first-order chi connectivity index (χ1) is 6.63. The Morgan fingerprint density at radius 2 is 1.93 bits per heavy atom. The summed E-state index contributed by atoms with van der Waals surface area (Å²) in [5, 5.41) is 10.2. The molecule has 0 bridgehead atoms. The summed E-state index contributed by atoms with van der Waals surface area (Å²) in [7, 11) is 0. The van der Waals surface area contributed by atoms with Gasteiger partial charge in [0, 0.05) is 10.5 Å². The third-order valence-electron chi connectivity index (χ3n) is 2.47. The molecule has 0 saturated carbocycles. The monoisotopic (exact) mass is 193 g/mol. The van der Waals surface area contributed by atoms with E-state index in [0.29, 0.717) is 5.92 Å². The first kappa shape index (κ1) is 10.7. The minimum atomic E-state index is -0.307. The highest BCUT2D eigenvalue weighted by molar-refractivity contribution is 5.24. The third-order valence-corrected chi connectivity index (χ3v) is 2.47. The Labute approximate surface area is 83.9 Å². The van der Waals surface area contributed by atoms with E-state index in [9.17, 15) is 10.1 Å². The molecule has 0 aliphatic heterocycles. The molecule has 1 aromatic rings. The molecular formula is C11H15NO2. The van der Waals surface area contributed by atoms with Gasteiger partial charge in [-0.1, -0.05) is 38.1 Å². The Hall–Kier alpha value is -1.38. The van der Waals surface area contributed by atoms with Crippen molar-refractivity contribution in [3.05, 3.63) is 45.5 Å². The van der Waals surface area contributed by atoms with Gasteiger partial charge >= 0.3 is 0 Å². The van der Waals surface area contributed by atoms with Gasteiger partial charge in [0.25, 0.3) is 0 Å². The van der Waals surface area contributed by atoms with Crippen LogP contribution in [0.25, 0.3) is 0 Å². The van der Waals surface area contributed by atoms with Crippen LogP contribution in [0.2, 0.25) is 0 Å². The van der Waals surface area contributed by atoms with Crippen LogP contribution in [0, 0.1) is 10.1 Å². The molecule has 3 nitrogen and oxygen atoms in total. The molecule has 0 aliphatic carbocycles. The number of hydrogen-bond acceptors (Lipinski definition) is 2. The molecule has 0 saturated heterocycles. The van der Waals surface area contributed by atoms with Crippen LogP contribution in [-0.4, -0.2) is 4.92 Å². The van der Waals surface area contributed by atoms with E-state index in [0.717, 1.165) is 12.0 Å². The summed E-state index contributed by atoms with van der Waals surface area (Å²) in [4.78, 5) is 9.94. The molecule has 0 aliphatic rings. The molecule has 0 spiro atoms. The number of rotatable bonds is 4. The summed E-state index contributed by atoms with van der Waals surface area (Å²) in [6.07, 6.45) is 1.09. The molecule has 1 rings (SSSR count). The van der Waals surface area contributed by atoms with Crippen molar-refractivity contribution in [2.45, 2.75) is 32.7 Å². The highest BCUT2D eigenvalue weighted by Crippen LogP contribution is 2.18. The second-order valence-corrected chi connectivity index (χ2v) is 3.54. The molecule has 0 N–H and O–H groups in total. The summed E-state index contributed by atoms with van der Waals surface area (Å²) in [6, 6.07) is 7.63. The van der Waals surface area contributed by atoms with E-state index >= 15 is 0 Å². The average molecular weight is 193 g/mol. The zero-order valence-electron chi connectivity index (χ0n) is 8.56. The van der Waals surface area contributed by atoms with E-state index in [4.69, 9.17) is 0 Å². The van der Waals surface area contributed by atoms with Crippen LogP contribution >= 0.6 is 0 Å². The number of benzene rings is 1. The minimum Gasteiger partial charge on any atom is -0.264 e. The summed E-state index contributed by atoms with van der Waals surface area (Å²) in [5.74, 6) is 0.527. The first-order valence-corrected chi connectivity index (χ1v) is 4.84. The molecule has 0 heterocycles. The number of nitro groups is 1. The minimum absolute atomic E-state index is 0.0826. The van der Waals surface area contributed by atoms with Crippen molar-refractivity contribution < 1.29 is 4.92 Å². The fraction of sp³-hybridized carbons (Fsp3) is 0.455. The molecule has 0 radical (unpaired) electrons. The predicted molar refractivity (Wildman–Crippen MR) is 55.8 cm³/mol. The molecular weight excluding hydrogens is 178 g/mol. The molecule has 1 unspecified atom stereocenters. The van der Waals surface area contributed by atoms with E-state index in [2.05, 4.69) is 13.8 Å². The van der Waals surface area contributed by atoms with Gasteiger partial charge in [-0.3, -0.25) is 10.1 Å². The number of hydrogen-bond donors (Lipinski definition) is 0.